The first-order valence-electron chi connectivity index (χ1n) is 14.7. The van der Waals surface area contributed by atoms with E-state index in [1.165, 1.54) is 21.0 Å². The zero-order valence-corrected chi connectivity index (χ0v) is 25.9. The quantitative estimate of drug-likeness (QED) is 0.166. The molecule has 4 heterocycles. The van der Waals surface area contributed by atoms with E-state index in [1.54, 1.807) is 57.9 Å². The first kappa shape index (κ1) is 31.7. The van der Waals surface area contributed by atoms with Crippen molar-refractivity contribution in [3.63, 3.8) is 0 Å². The van der Waals surface area contributed by atoms with Gasteiger partial charge in [-0.1, -0.05) is 30.3 Å². The summed E-state index contributed by atoms with van der Waals surface area (Å²) in [6, 6.07) is 13.1. The predicted molar refractivity (Wildman–Crippen MR) is 161 cm³/mol. The van der Waals surface area contributed by atoms with Crippen LogP contribution in [0.15, 0.2) is 67.1 Å². The number of aryl methyl sites for hydroxylation is 1. The van der Waals surface area contributed by atoms with Gasteiger partial charge in [-0.25, -0.2) is 27.9 Å². The van der Waals surface area contributed by atoms with E-state index in [1.807, 2.05) is 13.1 Å². The topological polar surface area (TPSA) is 126 Å². The van der Waals surface area contributed by atoms with Crippen LogP contribution in [0.2, 0.25) is 0 Å². The second-order valence-electron chi connectivity index (χ2n) is 11.6. The van der Waals surface area contributed by atoms with Gasteiger partial charge in [0.15, 0.2) is 40.8 Å². The molecule has 0 bridgehead atoms. The lowest BCUT2D eigenvalue weighted by molar-refractivity contribution is -0.198. The van der Waals surface area contributed by atoms with Crippen molar-refractivity contribution in [1.29, 1.82) is 0 Å². The van der Waals surface area contributed by atoms with Gasteiger partial charge in [0.2, 0.25) is 11.5 Å². The average molecular weight is 649 g/mol. The number of aromatic nitrogens is 6. The number of imidazole rings is 1. The number of rotatable bonds is 9. The van der Waals surface area contributed by atoms with Gasteiger partial charge in [0.1, 0.15) is 17.1 Å². The molecule has 0 saturated carbocycles. The second kappa shape index (κ2) is 12.2. The number of nitrogens with zero attached hydrogens (tertiary/aromatic N) is 6. The molecule has 2 atom stereocenters. The highest BCUT2D eigenvalue weighted by Gasteiger charge is 2.57. The monoisotopic (exact) mass is 648 g/mol. The first-order valence-corrected chi connectivity index (χ1v) is 14.7. The molecule has 11 nitrogen and oxygen atoms in total. The Morgan fingerprint density at radius 3 is 2.45 bits per heavy atom. The fraction of sp³-hybridized carbons (Fsp3) is 0.303. The van der Waals surface area contributed by atoms with Crippen LogP contribution in [0.4, 0.5) is 13.2 Å². The summed E-state index contributed by atoms with van der Waals surface area (Å²) in [5.74, 6) is -5.18. The van der Waals surface area contributed by atoms with Crippen molar-refractivity contribution < 1.29 is 37.3 Å². The van der Waals surface area contributed by atoms with Crippen molar-refractivity contribution in [3.05, 3.63) is 102 Å². The molecule has 0 spiro atoms. The van der Waals surface area contributed by atoms with Gasteiger partial charge < -0.3 is 28.5 Å². The zero-order chi connectivity index (χ0) is 33.5. The summed E-state index contributed by atoms with van der Waals surface area (Å²) in [4.78, 5) is 22.3. The van der Waals surface area contributed by atoms with E-state index in [0.717, 1.165) is 5.69 Å². The Morgan fingerprint density at radius 1 is 1.06 bits per heavy atom. The number of benzene rings is 2. The number of aliphatic hydroxyl groups excluding tert-OH is 1. The Balaban J connectivity index is 1.44. The van der Waals surface area contributed by atoms with Crippen LogP contribution >= 0.6 is 0 Å². The van der Waals surface area contributed by atoms with E-state index < -0.39 is 40.7 Å². The number of hydrogen-bond acceptors (Lipinski definition) is 9. The number of ether oxygens (including phenoxy) is 3. The Kier molecular flexibility index (Phi) is 8.22. The summed E-state index contributed by atoms with van der Waals surface area (Å²) in [6.07, 6.45) is 2.38. The average Bonchev–Trinajstić information content (AvgIpc) is 3.70. The molecular weight excluding hydrogens is 617 g/mol. The smallest absolute Gasteiger partial charge is 0.340 e. The van der Waals surface area contributed by atoms with Gasteiger partial charge in [0.25, 0.3) is 0 Å². The summed E-state index contributed by atoms with van der Waals surface area (Å²) in [5, 5.41) is 19.7. The number of halogens is 3. The molecule has 244 valence electrons. The highest BCUT2D eigenvalue weighted by Crippen LogP contribution is 2.47. The number of carbonyl (C=O) groups excluding carboxylic acids is 1. The number of fused-ring (bicyclic) bond motifs is 1. The van der Waals surface area contributed by atoms with Crippen LogP contribution in [-0.2, 0) is 21.7 Å². The molecular formula is C33H31F3N6O5. The fourth-order valence-corrected chi connectivity index (χ4v) is 5.80. The molecule has 6 rings (SSSR count). The molecule has 2 aromatic carbocycles. The minimum Gasteiger partial charge on any atom is -0.479 e. The third kappa shape index (κ3) is 5.69. The first-order chi connectivity index (χ1) is 22.4. The lowest BCUT2D eigenvalue weighted by atomic mass is 9.78. The van der Waals surface area contributed by atoms with Crippen LogP contribution in [0.25, 0.3) is 17.2 Å². The molecule has 0 saturated heterocycles. The largest absolute Gasteiger partial charge is 0.479 e. The van der Waals surface area contributed by atoms with E-state index in [2.05, 4.69) is 20.2 Å². The van der Waals surface area contributed by atoms with Gasteiger partial charge in [-0.3, -0.25) is 0 Å². The van der Waals surface area contributed by atoms with Gasteiger partial charge in [0.05, 0.1) is 19.1 Å². The normalized spacial score (nSPS) is 16.8. The Hall–Kier alpha value is -5.24. The van der Waals surface area contributed by atoms with Crippen LogP contribution in [0.5, 0.6) is 11.6 Å². The molecule has 14 heteroatoms. The molecule has 0 amide bonds. The SMILES string of the molecule is COc1nc(-c2nnc3n2CCC[C@]3(Oc2cc(F)c(F)c(F)c2)C(C)(C)OC(=O)[C@@H](O)c2ccccc2)ccc1-n1cnc(C)c1. The van der Waals surface area contributed by atoms with E-state index in [4.69, 9.17) is 14.2 Å². The number of aliphatic hydroxyl groups is 1. The predicted octanol–water partition coefficient (Wildman–Crippen LogP) is 5.38. The van der Waals surface area contributed by atoms with Crippen LogP contribution in [0.3, 0.4) is 0 Å². The van der Waals surface area contributed by atoms with Gasteiger partial charge in [-0.15, -0.1) is 10.2 Å². The van der Waals surface area contributed by atoms with Crippen molar-refractivity contribution in [2.45, 2.75) is 57.5 Å². The summed E-state index contributed by atoms with van der Waals surface area (Å²) in [6.45, 7) is 5.31. The van der Waals surface area contributed by atoms with Gasteiger partial charge in [-0.05, 0) is 44.9 Å². The van der Waals surface area contributed by atoms with E-state index in [0.29, 0.717) is 47.9 Å². The van der Waals surface area contributed by atoms with Gasteiger partial charge >= 0.3 is 5.97 Å². The van der Waals surface area contributed by atoms with Crippen LogP contribution in [-0.4, -0.2) is 53.1 Å². The maximum absolute atomic E-state index is 14.4. The summed E-state index contributed by atoms with van der Waals surface area (Å²) in [5.41, 5.74) is -1.23. The minimum atomic E-state index is -1.72. The molecule has 47 heavy (non-hydrogen) atoms. The van der Waals surface area contributed by atoms with Crippen molar-refractivity contribution in [2.75, 3.05) is 7.11 Å². The standard InChI is InChI=1S/C33H31F3N6O5/c1-19-17-41(18-37-19)25-12-11-24(38-29(25)45-4)28-39-40-31-33(13-8-14-42(28)31,46-21-15-22(34)26(36)23(35)16-21)32(2,3)47-30(44)27(43)20-9-6-5-7-10-20/h5-7,9-12,15-18,27,43H,8,13-14H2,1-4H3/t27-,33+/m0/s1. The molecule has 0 radical (unpaired) electrons. The molecule has 1 aliphatic rings. The highest BCUT2D eigenvalue weighted by atomic mass is 19.2. The molecule has 0 fully saturated rings. The van der Waals surface area contributed by atoms with Crippen molar-refractivity contribution in [2.24, 2.45) is 0 Å². The summed E-state index contributed by atoms with van der Waals surface area (Å²) >= 11 is 0. The van der Waals surface area contributed by atoms with E-state index in [9.17, 15) is 23.1 Å². The van der Waals surface area contributed by atoms with E-state index in [-0.39, 0.29) is 23.9 Å². The zero-order valence-electron chi connectivity index (χ0n) is 25.9. The fourth-order valence-electron chi connectivity index (χ4n) is 5.80. The lowest BCUT2D eigenvalue weighted by Gasteiger charge is -2.46. The molecule has 1 N–H and O–H groups in total. The number of carbonyl (C=O) groups is 1. The van der Waals surface area contributed by atoms with Crippen LogP contribution < -0.4 is 9.47 Å². The molecule has 0 aliphatic carbocycles. The second-order valence-corrected chi connectivity index (χ2v) is 11.6. The third-order valence-corrected chi connectivity index (χ3v) is 8.19. The number of pyridine rings is 1. The van der Waals surface area contributed by atoms with Crippen LogP contribution in [0, 0.1) is 24.4 Å². The molecule has 5 aromatic rings. The molecule has 1 aliphatic heterocycles. The third-order valence-electron chi connectivity index (χ3n) is 8.19. The number of esters is 1. The maximum atomic E-state index is 14.4. The Bertz CT molecular complexity index is 1920. The van der Waals surface area contributed by atoms with Gasteiger partial charge in [0, 0.05) is 31.3 Å². The van der Waals surface area contributed by atoms with Gasteiger partial charge in [-0.2, -0.15) is 0 Å². The molecule has 0 unspecified atom stereocenters. The summed E-state index contributed by atoms with van der Waals surface area (Å²) < 4.78 is 64.0. The van der Waals surface area contributed by atoms with Crippen molar-refractivity contribution in [3.8, 4) is 28.8 Å². The lowest BCUT2D eigenvalue weighted by Crippen LogP contribution is -2.57. The molecule has 3 aromatic heterocycles. The number of hydrogen-bond donors (Lipinski definition) is 1. The maximum Gasteiger partial charge on any atom is 0.340 e. The minimum absolute atomic E-state index is 0.142. The highest BCUT2D eigenvalue weighted by molar-refractivity contribution is 5.76. The summed E-state index contributed by atoms with van der Waals surface area (Å²) in [7, 11) is 1.49. The number of methoxy groups -OCH3 is 1. The van der Waals surface area contributed by atoms with Crippen LogP contribution in [0.1, 0.15) is 49.9 Å². The Labute approximate surface area is 267 Å². The van der Waals surface area contributed by atoms with E-state index >= 15 is 0 Å². The van der Waals surface area contributed by atoms with Crippen molar-refractivity contribution in [1.82, 2.24) is 29.3 Å². The Morgan fingerprint density at radius 2 is 1.79 bits per heavy atom. The van der Waals surface area contributed by atoms with Crippen molar-refractivity contribution >= 4 is 5.97 Å².